The van der Waals surface area contributed by atoms with Crippen LogP contribution >= 0.6 is 11.6 Å². The van der Waals surface area contributed by atoms with Gasteiger partial charge in [0.05, 0.1) is 17.9 Å². The van der Waals surface area contributed by atoms with Gasteiger partial charge in [-0.25, -0.2) is 9.37 Å². The van der Waals surface area contributed by atoms with Crippen LogP contribution in [0.25, 0.3) is 22.1 Å². The molecule has 0 bridgehead atoms. The van der Waals surface area contributed by atoms with E-state index >= 15 is 0 Å². The number of fused-ring (bicyclic) bond motifs is 3. The number of halogens is 2. The number of carbonyl (C=O) groups excluding carboxylic acids is 1. The molecule has 1 fully saturated rings. The lowest BCUT2D eigenvalue weighted by molar-refractivity contribution is 0.101. The summed E-state index contributed by atoms with van der Waals surface area (Å²) in [5, 5.41) is 13.4. The molecule has 1 N–H and O–H groups in total. The van der Waals surface area contributed by atoms with Crippen molar-refractivity contribution in [2.45, 2.75) is 51.5 Å². The molecule has 8 heteroatoms. The number of anilines is 1. The summed E-state index contributed by atoms with van der Waals surface area (Å²) in [7, 11) is 0. The van der Waals surface area contributed by atoms with Crippen LogP contribution in [0.4, 0.5) is 10.1 Å². The topological polar surface area (TPSA) is 80.9 Å². The first-order chi connectivity index (χ1) is 18.2. The SMILES string of the molecule is CC(=O)c1nc(Cl)ccc1N[C@H](C)c1cc(C)cc2c1oc1c(C3(Cc4ccc(F)cc4)CC3)cnnc12. The van der Waals surface area contributed by atoms with Crippen LogP contribution in [0.15, 0.2) is 59.1 Å². The van der Waals surface area contributed by atoms with Crippen molar-refractivity contribution in [3.63, 3.8) is 0 Å². The second-order valence-corrected chi connectivity index (χ2v) is 10.7. The molecule has 192 valence electrons. The molecule has 0 spiro atoms. The lowest BCUT2D eigenvalue weighted by Gasteiger charge is -2.18. The number of pyridine rings is 1. The molecule has 6 rings (SSSR count). The van der Waals surface area contributed by atoms with Crippen LogP contribution in [0.2, 0.25) is 5.15 Å². The quantitative estimate of drug-likeness (QED) is 0.174. The van der Waals surface area contributed by atoms with Crippen LogP contribution in [0, 0.1) is 12.7 Å². The van der Waals surface area contributed by atoms with Gasteiger partial charge in [0.25, 0.3) is 0 Å². The highest BCUT2D eigenvalue weighted by Crippen LogP contribution is 2.53. The van der Waals surface area contributed by atoms with Gasteiger partial charge >= 0.3 is 0 Å². The Kier molecular flexibility index (Phi) is 5.91. The van der Waals surface area contributed by atoms with Gasteiger partial charge in [0.2, 0.25) is 0 Å². The Bertz CT molecular complexity index is 1710. The second kappa shape index (κ2) is 9.17. The molecule has 3 aromatic heterocycles. The van der Waals surface area contributed by atoms with Crippen molar-refractivity contribution in [1.29, 1.82) is 0 Å². The zero-order chi connectivity index (χ0) is 26.6. The molecule has 2 aromatic carbocycles. The summed E-state index contributed by atoms with van der Waals surface area (Å²) in [6.45, 7) is 5.52. The van der Waals surface area contributed by atoms with Gasteiger partial charge in [-0.15, -0.1) is 5.10 Å². The van der Waals surface area contributed by atoms with Crippen molar-refractivity contribution < 1.29 is 13.6 Å². The maximum Gasteiger partial charge on any atom is 0.180 e. The number of nitrogens with one attached hydrogen (secondary N) is 1. The summed E-state index contributed by atoms with van der Waals surface area (Å²) in [4.78, 5) is 16.4. The number of rotatable bonds is 7. The van der Waals surface area contributed by atoms with Crippen molar-refractivity contribution in [2.24, 2.45) is 0 Å². The van der Waals surface area contributed by atoms with E-state index in [-0.39, 0.29) is 28.2 Å². The van der Waals surface area contributed by atoms with Crippen LogP contribution in [0.3, 0.4) is 0 Å². The Morgan fingerprint density at radius 2 is 1.92 bits per heavy atom. The van der Waals surface area contributed by atoms with Gasteiger partial charge in [0, 0.05) is 28.9 Å². The third-order valence-electron chi connectivity index (χ3n) is 7.44. The molecule has 0 radical (unpaired) electrons. The minimum atomic E-state index is -0.237. The Hall–Kier alpha value is -3.84. The molecule has 0 amide bonds. The van der Waals surface area contributed by atoms with Crippen LogP contribution in [0.1, 0.15) is 65.5 Å². The van der Waals surface area contributed by atoms with Gasteiger partial charge in [-0.05, 0) is 74.6 Å². The van der Waals surface area contributed by atoms with E-state index in [1.54, 1.807) is 12.1 Å². The van der Waals surface area contributed by atoms with E-state index in [2.05, 4.69) is 32.6 Å². The number of carbonyl (C=O) groups is 1. The fraction of sp³-hybridized carbons (Fsp3) is 0.267. The van der Waals surface area contributed by atoms with Crippen molar-refractivity contribution >= 4 is 45.1 Å². The van der Waals surface area contributed by atoms with Crippen LogP contribution < -0.4 is 5.32 Å². The molecule has 5 aromatic rings. The smallest absolute Gasteiger partial charge is 0.180 e. The van der Waals surface area contributed by atoms with Crippen LogP contribution in [0.5, 0.6) is 0 Å². The number of Topliss-reactive ketones (excluding diaryl/α,β-unsaturated/α-hetero) is 1. The van der Waals surface area contributed by atoms with E-state index in [0.717, 1.165) is 63.6 Å². The molecule has 1 saturated carbocycles. The van der Waals surface area contributed by atoms with Gasteiger partial charge in [0.15, 0.2) is 11.4 Å². The standard InChI is InChI=1S/C30H26ClFN4O2/c1-16-12-21(17(2)34-24-8-9-25(31)35-26(24)18(3)37)28-22(13-16)27-29(38-28)23(15-33-36-27)30(10-11-30)14-19-4-6-20(32)7-5-19/h4-9,12-13,15,17,34H,10-11,14H2,1-3H3/t17-/m1/s1. The maximum absolute atomic E-state index is 13.5. The fourth-order valence-corrected chi connectivity index (χ4v) is 5.51. The lowest BCUT2D eigenvalue weighted by Crippen LogP contribution is -2.12. The van der Waals surface area contributed by atoms with Gasteiger partial charge in [-0.1, -0.05) is 29.8 Å². The molecule has 0 aliphatic heterocycles. The minimum absolute atomic E-state index is 0.107. The molecular weight excluding hydrogens is 503 g/mol. The van der Waals surface area contributed by atoms with Crippen molar-refractivity contribution in [2.75, 3.05) is 5.32 Å². The number of hydrogen-bond donors (Lipinski definition) is 1. The Labute approximate surface area is 224 Å². The number of aryl methyl sites for hydroxylation is 1. The average molecular weight is 529 g/mol. The highest BCUT2D eigenvalue weighted by molar-refractivity contribution is 6.29. The van der Waals surface area contributed by atoms with E-state index in [1.807, 2.05) is 32.2 Å². The highest BCUT2D eigenvalue weighted by atomic mass is 35.5. The third-order valence-corrected chi connectivity index (χ3v) is 7.65. The van der Waals surface area contributed by atoms with Crippen LogP contribution in [-0.2, 0) is 11.8 Å². The molecular formula is C30H26ClFN4O2. The van der Waals surface area contributed by atoms with Gasteiger partial charge in [0.1, 0.15) is 27.8 Å². The minimum Gasteiger partial charge on any atom is -0.454 e. The molecule has 0 saturated heterocycles. The highest BCUT2D eigenvalue weighted by Gasteiger charge is 2.46. The average Bonchev–Trinajstić information content (AvgIpc) is 3.57. The Morgan fingerprint density at radius 3 is 2.63 bits per heavy atom. The molecule has 1 aliphatic rings. The second-order valence-electron chi connectivity index (χ2n) is 10.3. The van der Waals surface area contributed by atoms with Gasteiger partial charge in [-0.3, -0.25) is 4.79 Å². The molecule has 3 heterocycles. The van der Waals surface area contributed by atoms with E-state index in [1.165, 1.54) is 19.1 Å². The van der Waals surface area contributed by atoms with Crippen molar-refractivity contribution in [3.05, 3.63) is 93.6 Å². The molecule has 0 unspecified atom stereocenters. The summed E-state index contributed by atoms with van der Waals surface area (Å²) in [5.74, 6) is -0.407. The Morgan fingerprint density at radius 1 is 1.16 bits per heavy atom. The van der Waals surface area contributed by atoms with E-state index in [0.29, 0.717) is 11.4 Å². The largest absolute Gasteiger partial charge is 0.454 e. The first kappa shape index (κ1) is 24.5. The molecule has 38 heavy (non-hydrogen) atoms. The predicted octanol–water partition coefficient (Wildman–Crippen LogP) is 7.52. The third kappa shape index (κ3) is 4.31. The van der Waals surface area contributed by atoms with E-state index in [4.69, 9.17) is 16.0 Å². The first-order valence-corrected chi connectivity index (χ1v) is 13.0. The number of ketones is 1. The number of aromatic nitrogens is 3. The predicted molar refractivity (Wildman–Crippen MR) is 146 cm³/mol. The van der Waals surface area contributed by atoms with Gasteiger partial charge < -0.3 is 9.73 Å². The fourth-order valence-electron chi connectivity index (χ4n) is 5.36. The zero-order valence-electron chi connectivity index (χ0n) is 21.3. The molecule has 1 aliphatic carbocycles. The normalized spacial score (nSPS) is 15.1. The van der Waals surface area contributed by atoms with Crippen molar-refractivity contribution in [3.8, 4) is 0 Å². The monoisotopic (exact) mass is 528 g/mol. The summed E-state index contributed by atoms with van der Waals surface area (Å²) >= 11 is 6.04. The number of hydrogen-bond acceptors (Lipinski definition) is 6. The number of nitrogens with zero attached hydrogens (tertiary/aromatic N) is 3. The summed E-state index contributed by atoms with van der Waals surface area (Å²) in [5.41, 5.74) is 7.12. The number of benzene rings is 2. The summed E-state index contributed by atoms with van der Waals surface area (Å²) in [6.07, 6.45) is 4.60. The number of furan rings is 1. The zero-order valence-corrected chi connectivity index (χ0v) is 22.1. The lowest BCUT2D eigenvalue weighted by atomic mass is 9.89. The summed E-state index contributed by atoms with van der Waals surface area (Å²) in [6, 6.07) is 14.1. The van der Waals surface area contributed by atoms with E-state index < -0.39 is 0 Å². The molecule has 6 nitrogen and oxygen atoms in total. The molecule has 1 atom stereocenters. The van der Waals surface area contributed by atoms with Crippen LogP contribution in [-0.4, -0.2) is 21.0 Å². The van der Waals surface area contributed by atoms with E-state index in [9.17, 15) is 9.18 Å². The Balaban J connectivity index is 1.43. The first-order valence-electron chi connectivity index (χ1n) is 12.6. The maximum atomic E-state index is 13.5. The summed E-state index contributed by atoms with van der Waals surface area (Å²) < 4.78 is 20.1. The van der Waals surface area contributed by atoms with Gasteiger partial charge in [-0.2, -0.15) is 5.10 Å². The van der Waals surface area contributed by atoms with Crippen molar-refractivity contribution in [1.82, 2.24) is 15.2 Å².